The molecule has 0 saturated heterocycles. The second-order valence-corrected chi connectivity index (χ2v) is 8.26. The lowest BCUT2D eigenvalue weighted by molar-refractivity contribution is -0.130. The smallest absolute Gasteiger partial charge is 0.270 e. The molecular weight excluding hydrogens is 378 g/mol. The average Bonchev–Trinajstić information content (AvgIpc) is 2.71. The second-order valence-electron chi connectivity index (χ2n) is 8.26. The summed E-state index contributed by atoms with van der Waals surface area (Å²) < 4.78 is 0. The van der Waals surface area contributed by atoms with E-state index in [0.717, 1.165) is 5.56 Å². The highest BCUT2D eigenvalue weighted by Crippen LogP contribution is 2.30. The first-order chi connectivity index (χ1) is 14.2. The number of carbonyl (C=O) groups is 2. The van der Waals surface area contributed by atoms with Crippen molar-refractivity contribution in [2.45, 2.75) is 52.2 Å². The third kappa shape index (κ3) is 4.67. The number of amides is 2. The monoisotopic (exact) mass is 407 g/mol. The standard InChI is InChI=1S/C23H29N5O2/c1-15(2)23(4)13-20(29)28(22(24)27-23)14-18-11-8-12-19(26-18)21(30)25-16(3)17-9-6-5-7-10-17/h5-12,15-16H,13-14H2,1-4H3,(H2,24,27)(H,25,30)/t16-,23-/m0/s1. The van der Waals surface area contributed by atoms with Gasteiger partial charge in [0.1, 0.15) is 5.69 Å². The molecule has 2 amide bonds. The van der Waals surface area contributed by atoms with Crippen molar-refractivity contribution >= 4 is 17.8 Å². The van der Waals surface area contributed by atoms with E-state index in [1.54, 1.807) is 18.2 Å². The fourth-order valence-corrected chi connectivity index (χ4v) is 3.35. The third-order valence-electron chi connectivity index (χ3n) is 5.71. The third-order valence-corrected chi connectivity index (χ3v) is 5.71. The van der Waals surface area contributed by atoms with Crippen molar-refractivity contribution in [1.82, 2.24) is 15.2 Å². The normalized spacial score (nSPS) is 20.1. The number of benzene rings is 1. The lowest BCUT2D eigenvalue weighted by atomic mass is 9.84. The van der Waals surface area contributed by atoms with Crippen molar-refractivity contribution in [3.63, 3.8) is 0 Å². The molecule has 0 spiro atoms. The minimum Gasteiger partial charge on any atom is -0.369 e. The molecule has 0 radical (unpaired) electrons. The molecule has 3 N–H and O–H groups in total. The fraction of sp³-hybridized carbons (Fsp3) is 0.391. The number of carbonyl (C=O) groups excluding carboxylic acids is 2. The van der Waals surface area contributed by atoms with Gasteiger partial charge >= 0.3 is 0 Å². The van der Waals surface area contributed by atoms with E-state index in [2.05, 4.69) is 15.3 Å². The number of hydrogen-bond acceptors (Lipinski definition) is 5. The summed E-state index contributed by atoms with van der Waals surface area (Å²) in [6.45, 7) is 8.10. The molecule has 1 aromatic heterocycles. The van der Waals surface area contributed by atoms with Gasteiger partial charge in [0.2, 0.25) is 5.91 Å². The van der Waals surface area contributed by atoms with Gasteiger partial charge in [-0.15, -0.1) is 0 Å². The molecule has 158 valence electrons. The summed E-state index contributed by atoms with van der Waals surface area (Å²) in [5, 5.41) is 2.95. The van der Waals surface area contributed by atoms with E-state index >= 15 is 0 Å². The van der Waals surface area contributed by atoms with Crippen LogP contribution in [0, 0.1) is 5.92 Å². The van der Waals surface area contributed by atoms with E-state index in [-0.39, 0.29) is 36.3 Å². The first-order valence-electron chi connectivity index (χ1n) is 10.2. The first-order valence-corrected chi connectivity index (χ1v) is 10.2. The highest BCUT2D eigenvalue weighted by atomic mass is 16.2. The molecule has 7 heteroatoms. The van der Waals surface area contributed by atoms with Crippen molar-refractivity contribution in [2.24, 2.45) is 16.6 Å². The van der Waals surface area contributed by atoms with Crippen LogP contribution in [-0.2, 0) is 11.3 Å². The zero-order valence-electron chi connectivity index (χ0n) is 17.9. The van der Waals surface area contributed by atoms with Crippen LogP contribution in [0.5, 0.6) is 0 Å². The molecule has 30 heavy (non-hydrogen) atoms. The Morgan fingerprint density at radius 3 is 2.50 bits per heavy atom. The summed E-state index contributed by atoms with van der Waals surface area (Å²) in [7, 11) is 0. The van der Waals surface area contributed by atoms with Crippen molar-refractivity contribution in [3.05, 3.63) is 65.5 Å². The van der Waals surface area contributed by atoms with Crippen LogP contribution in [0.3, 0.4) is 0 Å². The number of nitrogens with one attached hydrogen (secondary N) is 1. The molecule has 0 unspecified atom stereocenters. The van der Waals surface area contributed by atoms with E-state index in [4.69, 9.17) is 5.73 Å². The van der Waals surface area contributed by atoms with E-state index in [0.29, 0.717) is 17.8 Å². The summed E-state index contributed by atoms with van der Waals surface area (Å²) in [6, 6.07) is 14.8. The molecule has 1 aliphatic rings. The Kier molecular flexibility index (Phi) is 6.20. The zero-order chi connectivity index (χ0) is 21.9. The Hall–Kier alpha value is -3.22. The van der Waals surface area contributed by atoms with Gasteiger partial charge < -0.3 is 11.1 Å². The van der Waals surface area contributed by atoms with Gasteiger partial charge in [-0.05, 0) is 37.5 Å². The first kappa shape index (κ1) is 21.5. The van der Waals surface area contributed by atoms with Gasteiger partial charge in [-0.1, -0.05) is 50.2 Å². The Balaban J connectivity index is 1.73. The number of pyridine rings is 1. The number of rotatable bonds is 6. The van der Waals surface area contributed by atoms with Crippen molar-refractivity contribution < 1.29 is 9.59 Å². The lowest BCUT2D eigenvalue weighted by Gasteiger charge is -2.37. The van der Waals surface area contributed by atoms with Crippen LogP contribution in [-0.4, -0.2) is 33.2 Å². The van der Waals surface area contributed by atoms with E-state index in [1.165, 1.54) is 4.90 Å². The molecule has 7 nitrogen and oxygen atoms in total. The molecule has 2 heterocycles. The molecule has 0 fully saturated rings. The van der Waals surface area contributed by atoms with Crippen LogP contribution >= 0.6 is 0 Å². The molecule has 0 bridgehead atoms. The molecule has 1 aliphatic heterocycles. The second kappa shape index (κ2) is 8.65. The summed E-state index contributed by atoms with van der Waals surface area (Å²) >= 11 is 0. The average molecular weight is 408 g/mol. The molecule has 0 saturated carbocycles. The maximum Gasteiger partial charge on any atom is 0.270 e. The highest BCUT2D eigenvalue weighted by molar-refractivity contribution is 5.99. The Morgan fingerprint density at radius 1 is 1.17 bits per heavy atom. The number of nitrogens with two attached hydrogens (primary N) is 1. The van der Waals surface area contributed by atoms with Crippen molar-refractivity contribution in [1.29, 1.82) is 0 Å². The maximum atomic E-state index is 12.7. The highest BCUT2D eigenvalue weighted by Gasteiger charge is 2.38. The lowest BCUT2D eigenvalue weighted by Crippen LogP contribution is -2.51. The van der Waals surface area contributed by atoms with Gasteiger partial charge in [-0.3, -0.25) is 14.5 Å². The molecule has 0 aliphatic carbocycles. The Labute approximate surface area is 177 Å². The number of aliphatic imine (C=N–C) groups is 1. The summed E-state index contributed by atoms with van der Waals surface area (Å²) in [5.74, 6) is 0.0240. The molecule has 1 aromatic carbocycles. The minimum absolute atomic E-state index is 0.0898. The van der Waals surface area contributed by atoms with Gasteiger partial charge in [0.15, 0.2) is 5.96 Å². The number of hydrogen-bond donors (Lipinski definition) is 2. The van der Waals surface area contributed by atoms with Gasteiger partial charge in [-0.2, -0.15) is 0 Å². The summed E-state index contributed by atoms with van der Waals surface area (Å²) in [4.78, 5) is 35.8. The molecule has 3 rings (SSSR count). The maximum absolute atomic E-state index is 12.7. The Morgan fingerprint density at radius 2 is 1.87 bits per heavy atom. The van der Waals surface area contributed by atoms with Gasteiger partial charge in [0, 0.05) is 0 Å². The number of aromatic nitrogens is 1. The van der Waals surface area contributed by atoms with Crippen LogP contribution in [0.2, 0.25) is 0 Å². The molecular formula is C23H29N5O2. The van der Waals surface area contributed by atoms with E-state index in [1.807, 2.05) is 58.0 Å². The van der Waals surface area contributed by atoms with Crippen LogP contribution in [0.25, 0.3) is 0 Å². The van der Waals surface area contributed by atoms with Gasteiger partial charge in [0.25, 0.3) is 5.91 Å². The molecule has 2 aromatic rings. The minimum atomic E-state index is -0.500. The predicted octanol–water partition coefficient (Wildman–Crippen LogP) is 3.03. The van der Waals surface area contributed by atoms with Gasteiger partial charge in [0.05, 0.1) is 30.2 Å². The van der Waals surface area contributed by atoms with Crippen molar-refractivity contribution in [2.75, 3.05) is 0 Å². The topological polar surface area (TPSA) is 101 Å². The number of nitrogens with zero attached hydrogens (tertiary/aromatic N) is 3. The zero-order valence-corrected chi connectivity index (χ0v) is 17.9. The Bertz CT molecular complexity index is 957. The van der Waals surface area contributed by atoms with Crippen LogP contribution < -0.4 is 11.1 Å². The fourth-order valence-electron chi connectivity index (χ4n) is 3.35. The predicted molar refractivity (Wildman–Crippen MR) is 117 cm³/mol. The summed E-state index contributed by atoms with van der Waals surface area (Å²) in [5.41, 5.74) is 7.49. The van der Waals surface area contributed by atoms with E-state index < -0.39 is 5.54 Å². The SMILES string of the molecule is CC(C)[C@]1(C)CC(=O)N(Cc2cccc(C(=O)N[C@@H](C)c3ccccc3)n2)C(N)=N1. The largest absolute Gasteiger partial charge is 0.369 e. The van der Waals surface area contributed by atoms with Gasteiger partial charge in [-0.25, -0.2) is 9.98 Å². The van der Waals surface area contributed by atoms with Crippen LogP contribution in [0.4, 0.5) is 0 Å². The number of guanidine groups is 1. The van der Waals surface area contributed by atoms with Crippen molar-refractivity contribution in [3.8, 4) is 0 Å². The van der Waals surface area contributed by atoms with Crippen LogP contribution in [0.15, 0.2) is 53.5 Å². The molecule has 2 atom stereocenters. The summed E-state index contributed by atoms with van der Waals surface area (Å²) in [6.07, 6.45) is 0.292. The quantitative estimate of drug-likeness (QED) is 0.768. The van der Waals surface area contributed by atoms with Crippen LogP contribution in [0.1, 0.15) is 61.9 Å². The van der Waals surface area contributed by atoms with E-state index in [9.17, 15) is 9.59 Å².